The molecule has 0 fully saturated rings. The van der Waals surface area contributed by atoms with E-state index in [0.717, 1.165) is 65.5 Å². The topological polar surface area (TPSA) is 109 Å². The number of carbonyl (C=O) groups excluding carboxylic acids is 2. The van der Waals surface area contributed by atoms with E-state index in [1.807, 2.05) is 75.5 Å². The van der Waals surface area contributed by atoms with E-state index in [9.17, 15) is 14.7 Å². The molecule has 42 heavy (non-hydrogen) atoms. The number of nitrogens with zero attached hydrogens (tertiary/aromatic N) is 1. The average Bonchev–Trinajstić information content (AvgIpc) is 3.47. The fourth-order valence-corrected chi connectivity index (χ4v) is 4.70. The molecule has 5 N–H and O–H groups in total. The van der Waals surface area contributed by atoms with Crippen molar-refractivity contribution in [3.05, 3.63) is 83.7 Å². The number of aliphatic hydroxyl groups is 1. The third-order valence-corrected chi connectivity index (χ3v) is 6.76. The molecule has 0 saturated carbocycles. The molecule has 3 aromatic rings. The molecule has 1 aromatic heterocycles. The number of aromatic nitrogens is 1. The first kappa shape index (κ1) is 34.2. The van der Waals surface area contributed by atoms with Crippen LogP contribution in [0.4, 0.5) is 5.69 Å². The Morgan fingerprint density at radius 1 is 1.07 bits per heavy atom. The number of fused-ring (bicyclic) bond motifs is 1. The molecule has 8 heteroatoms. The van der Waals surface area contributed by atoms with Crippen LogP contribution in [-0.4, -0.2) is 72.7 Å². The lowest BCUT2D eigenvalue weighted by Gasteiger charge is -2.21. The zero-order valence-corrected chi connectivity index (χ0v) is 25.9. The van der Waals surface area contributed by atoms with E-state index in [1.54, 1.807) is 0 Å². The van der Waals surface area contributed by atoms with Crippen molar-refractivity contribution >= 4 is 35.2 Å². The van der Waals surface area contributed by atoms with Crippen LogP contribution in [0.25, 0.3) is 28.9 Å². The predicted octanol–water partition coefficient (Wildman–Crippen LogP) is 5.18. The first-order valence-corrected chi connectivity index (χ1v) is 14.5. The van der Waals surface area contributed by atoms with Crippen LogP contribution in [0.5, 0.6) is 0 Å². The van der Waals surface area contributed by atoms with E-state index < -0.39 is 0 Å². The first-order valence-electron chi connectivity index (χ1n) is 14.5. The number of H-pyrrole nitrogens is 1. The molecule has 0 aliphatic carbocycles. The quantitative estimate of drug-likeness (QED) is 0.215. The molecule has 1 unspecified atom stereocenters. The third kappa shape index (κ3) is 9.83. The smallest absolute Gasteiger partial charge is 0.256 e. The van der Waals surface area contributed by atoms with Crippen LogP contribution in [0.2, 0.25) is 0 Å². The summed E-state index contributed by atoms with van der Waals surface area (Å²) in [5.41, 5.74) is 7.63. The van der Waals surface area contributed by atoms with Gasteiger partial charge in [0.05, 0.1) is 11.7 Å². The van der Waals surface area contributed by atoms with Gasteiger partial charge in [-0.3, -0.25) is 9.59 Å². The molecule has 2 amide bonds. The number of hydrogen-bond acceptors (Lipinski definition) is 5. The number of likely N-dealkylation sites (N-methyl/N-ethyl adjacent to an activating group) is 2. The molecule has 4 rings (SSSR count). The van der Waals surface area contributed by atoms with Gasteiger partial charge in [0, 0.05) is 60.3 Å². The number of nitrogens with one attached hydrogen (secondary N) is 4. The van der Waals surface area contributed by atoms with Gasteiger partial charge in [-0.2, -0.15) is 0 Å². The normalized spacial score (nSPS) is 13.3. The minimum atomic E-state index is -0.236. The SMILES string of the molecule is C=Cc1c(C)[nH]c(/C=C2\C(=O)Nc3ccccc32)c1-c1ccccc1.CCN(CC)CC(O)CNC.CCNC(C)=O. The Balaban J connectivity index is 0.000000302. The fraction of sp³-hybridized carbons (Fsp3) is 0.353. The molecule has 2 heterocycles. The first-order chi connectivity index (χ1) is 20.2. The lowest BCUT2D eigenvalue weighted by molar-refractivity contribution is -0.118. The fourth-order valence-electron chi connectivity index (χ4n) is 4.70. The zero-order valence-electron chi connectivity index (χ0n) is 25.9. The van der Waals surface area contributed by atoms with Crippen molar-refractivity contribution in [3.8, 4) is 11.1 Å². The van der Waals surface area contributed by atoms with Gasteiger partial charge in [0.1, 0.15) is 0 Å². The summed E-state index contributed by atoms with van der Waals surface area (Å²) in [6.45, 7) is 17.8. The Morgan fingerprint density at radius 2 is 1.71 bits per heavy atom. The van der Waals surface area contributed by atoms with Gasteiger partial charge < -0.3 is 30.9 Å². The molecule has 0 spiro atoms. The molecule has 0 bridgehead atoms. The molecule has 2 aromatic carbocycles. The molecule has 0 saturated heterocycles. The van der Waals surface area contributed by atoms with Crippen molar-refractivity contribution in [2.75, 3.05) is 45.1 Å². The number of rotatable bonds is 10. The monoisotopic (exact) mass is 573 g/mol. The highest BCUT2D eigenvalue weighted by Crippen LogP contribution is 2.37. The molecule has 226 valence electrons. The van der Waals surface area contributed by atoms with Gasteiger partial charge in [0.15, 0.2) is 0 Å². The second-order valence-electron chi connectivity index (χ2n) is 9.86. The van der Waals surface area contributed by atoms with Crippen LogP contribution in [-0.2, 0) is 9.59 Å². The van der Waals surface area contributed by atoms with Crippen LogP contribution in [0.15, 0.2) is 61.2 Å². The molecular weight excluding hydrogens is 526 g/mol. The van der Waals surface area contributed by atoms with Crippen LogP contribution >= 0.6 is 0 Å². The van der Waals surface area contributed by atoms with E-state index in [2.05, 4.69) is 58.4 Å². The maximum absolute atomic E-state index is 12.4. The summed E-state index contributed by atoms with van der Waals surface area (Å²) in [4.78, 5) is 28.0. The Bertz CT molecular complexity index is 1330. The summed E-state index contributed by atoms with van der Waals surface area (Å²) in [5.74, 6) is -0.0369. The second kappa shape index (κ2) is 17.7. The highest BCUT2D eigenvalue weighted by atomic mass is 16.3. The summed E-state index contributed by atoms with van der Waals surface area (Å²) in [5, 5.41) is 17.8. The highest BCUT2D eigenvalue weighted by Gasteiger charge is 2.24. The average molecular weight is 574 g/mol. The number of anilines is 1. The number of aliphatic hydroxyl groups excluding tert-OH is 1. The van der Waals surface area contributed by atoms with Gasteiger partial charge in [-0.15, -0.1) is 0 Å². The van der Waals surface area contributed by atoms with E-state index in [1.165, 1.54) is 6.92 Å². The number of para-hydroxylation sites is 1. The van der Waals surface area contributed by atoms with E-state index >= 15 is 0 Å². The van der Waals surface area contributed by atoms with Crippen molar-refractivity contribution < 1.29 is 14.7 Å². The Labute approximate surface area is 250 Å². The molecule has 1 aliphatic heterocycles. The maximum atomic E-state index is 12.4. The Hall–Kier alpha value is -3.98. The van der Waals surface area contributed by atoms with Crippen molar-refractivity contribution in [2.24, 2.45) is 0 Å². The van der Waals surface area contributed by atoms with Crippen molar-refractivity contribution in [1.82, 2.24) is 20.5 Å². The van der Waals surface area contributed by atoms with Gasteiger partial charge in [0.2, 0.25) is 5.91 Å². The number of hydrogen-bond donors (Lipinski definition) is 5. The largest absolute Gasteiger partial charge is 0.390 e. The summed E-state index contributed by atoms with van der Waals surface area (Å²) in [6, 6.07) is 17.9. The number of amides is 2. The van der Waals surface area contributed by atoms with Gasteiger partial charge >= 0.3 is 0 Å². The minimum absolute atomic E-state index is 0.0394. The van der Waals surface area contributed by atoms with E-state index in [0.29, 0.717) is 12.1 Å². The van der Waals surface area contributed by atoms with Crippen LogP contribution in [0.3, 0.4) is 0 Å². The molecule has 1 atom stereocenters. The molecular formula is C34H47N5O3. The number of aryl methyl sites for hydroxylation is 1. The van der Waals surface area contributed by atoms with Crippen LogP contribution < -0.4 is 16.0 Å². The van der Waals surface area contributed by atoms with Gasteiger partial charge in [0.25, 0.3) is 5.91 Å². The summed E-state index contributed by atoms with van der Waals surface area (Å²) >= 11 is 0. The highest BCUT2D eigenvalue weighted by molar-refractivity contribution is 6.35. The standard InChI is InChI=1S/C22H18N2O.C8H20N2O.C4H9NO/c1-3-16-14(2)23-20(21(16)15-9-5-4-6-10-15)13-18-17-11-7-8-12-19(17)24-22(18)25;1-4-10(5-2)7-8(11)6-9-3;1-3-5-4(2)6/h3-13,23H,1H2,2H3,(H,24,25);8-9,11H,4-7H2,1-3H3;3H2,1-2H3,(H,5,6)/b18-13-;;. The van der Waals surface area contributed by atoms with Crippen molar-refractivity contribution in [2.45, 2.75) is 40.7 Å². The maximum Gasteiger partial charge on any atom is 0.256 e. The predicted molar refractivity (Wildman–Crippen MR) is 176 cm³/mol. The summed E-state index contributed by atoms with van der Waals surface area (Å²) in [7, 11) is 1.85. The molecule has 0 radical (unpaired) electrons. The molecule has 1 aliphatic rings. The van der Waals surface area contributed by atoms with Crippen molar-refractivity contribution in [3.63, 3.8) is 0 Å². The number of aromatic amines is 1. The molecule has 8 nitrogen and oxygen atoms in total. The Morgan fingerprint density at radius 3 is 2.26 bits per heavy atom. The number of benzene rings is 2. The lowest BCUT2D eigenvalue weighted by Crippen LogP contribution is -2.37. The number of carbonyl (C=O) groups is 2. The summed E-state index contributed by atoms with van der Waals surface area (Å²) in [6.07, 6.45) is 3.56. The minimum Gasteiger partial charge on any atom is -0.390 e. The third-order valence-electron chi connectivity index (χ3n) is 6.76. The van der Waals surface area contributed by atoms with Gasteiger partial charge in [-0.05, 0) is 51.7 Å². The van der Waals surface area contributed by atoms with Crippen LogP contribution in [0.1, 0.15) is 50.2 Å². The van der Waals surface area contributed by atoms with Crippen molar-refractivity contribution in [1.29, 1.82) is 0 Å². The second-order valence-corrected chi connectivity index (χ2v) is 9.86. The Kier molecular flexibility index (Phi) is 14.5. The van der Waals surface area contributed by atoms with Crippen LogP contribution in [0, 0.1) is 6.92 Å². The van der Waals surface area contributed by atoms with Gasteiger partial charge in [-0.1, -0.05) is 75.0 Å². The summed E-state index contributed by atoms with van der Waals surface area (Å²) < 4.78 is 0. The van der Waals surface area contributed by atoms with Gasteiger partial charge in [-0.25, -0.2) is 0 Å². The lowest BCUT2D eigenvalue weighted by atomic mass is 9.98. The zero-order chi connectivity index (χ0) is 31.1. The van der Waals surface area contributed by atoms with E-state index in [4.69, 9.17) is 0 Å². The van der Waals surface area contributed by atoms with E-state index in [-0.39, 0.29) is 17.9 Å².